The van der Waals surface area contributed by atoms with Crippen LogP contribution in [0.5, 0.6) is 11.5 Å². The Balaban J connectivity index is 1.37. The molecule has 7 heteroatoms. The van der Waals surface area contributed by atoms with Crippen LogP contribution in [0.2, 0.25) is 0 Å². The summed E-state index contributed by atoms with van der Waals surface area (Å²) in [6.45, 7) is 0.784. The number of ether oxygens (including phenoxy) is 2. The van der Waals surface area contributed by atoms with Gasteiger partial charge in [0.2, 0.25) is 6.79 Å². The summed E-state index contributed by atoms with van der Waals surface area (Å²) in [5, 5.41) is 6.02. The minimum absolute atomic E-state index is 0.196. The van der Waals surface area contributed by atoms with Gasteiger partial charge in [0.25, 0.3) is 5.91 Å². The fraction of sp³-hybridized carbons (Fsp3) is 0.105. The van der Waals surface area contributed by atoms with E-state index < -0.39 is 0 Å². The van der Waals surface area contributed by atoms with Crippen LogP contribution in [0.4, 0.5) is 11.4 Å². The first kappa shape index (κ1) is 15.9. The lowest BCUT2D eigenvalue weighted by Crippen LogP contribution is -2.13. The van der Waals surface area contributed by atoms with Crippen molar-refractivity contribution in [3.05, 3.63) is 72.3 Å². The summed E-state index contributed by atoms with van der Waals surface area (Å²) >= 11 is 0. The summed E-state index contributed by atoms with van der Waals surface area (Å²) in [6.07, 6.45) is 3.37. The fourth-order valence-corrected chi connectivity index (χ4v) is 2.50. The molecular weight excluding hydrogens is 332 g/mol. The number of hydrogen-bond acceptors (Lipinski definition) is 6. The Morgan fingerprint density at radius 3 is 2.69 bits per heavy atom. The van der Waals surface area contributed by atoms with E-state index in [2.05, 4.69) is 20.6 Å². The predicted octanol–water partition coefficient (Wildman–Crippen LogP) is 3.07. The first-order valence-corrected chi connectivity index (χ1v) is 8.09. The Morgan fingerprint density at radius 2 is 1.88 bits per heavy atom. The molecule has 1 aromatic carbocycles. The summed E-state index contributed by atoms with van der Waals surface area (Å²) in [5.74, 6) is 0.995. The van der Waals surface area contributed by atoms with Crippen molar-refractivity contribution in [3.63, 3.8) is 0 Å². The van der Waals surface area contributed by atoms with E-state index in [0.29, 0.717) is 29.4 Å². The number of benzene rings is 1. The molecule has 0 unspecified atom stereocenters. The van der Waals surface area contributed by atoms with Crippen molar-refractivity contribution >= 4 is 17.3 Å². The zero-order valence-corrected chi connectivity index (χ0v) is 13.8. The summed E-state index contributed by atoms with van der Waals surface area (Å²) in [7, 11) is 0. The monoisotopic (exact) mass is 348 g/mol. The Bertz CT molecular complexity index is 914. The molecule has 26 heavy (non-hydrogen) atoms. The van der Waals surface area contributed by atoms with Gasteiger partial charge in [-0.1, -0.05) is 6.07 Å². The number of hydrogen-bond donors (Lipinski definition) is 2. The molecule has 1 aliphatic heterocycles. The lowest BCUT2D eigenvalue weighted by Gasteiger charge is -2.08. The second kappa shape index (κ2) is 7.10. The fourth-order valence-electron chi connectivity index (χ4n) is 2.50. The van der Waals surface area contributed by atoms with Gasteiger partial charge in [-0.15, -0.1) is 0 Å². The zero-order valence-electron chi connectivity index (χ0n) is 13.8. The lowest BCUT2D eigenvalue weighted by atomic mass is 10.2. The van der Waals surface area contributed by atoms with Crippen molar-refractivity contribution in [1.82, 2.24) is 9.97 Å². The van der Waals surface area contributed by atoms with Gasteiger partial charge in [0.15, 0.2) is 11.5 Å². The predicted molar refractivity (Wildman–Crippen MR) is 96.3 cm³/mol. The SMILES string of the molecule is O=C(Nc1ccc2c(c1)OCO2)c1ccc(NCc2ccccn2)cn1. The number of carbonyl (C=O) groups excluding carboxylic acids is 1. The van der Waals surface area contributed by atoms with Gasteiger partial charge in [0.1, 0.15) is 5.69 Å². The highest BCUT2D eigenvalue weighted by molar-refractivity contribution is 6.03. The third-order valence-corrected chi connectivity index (χ3v) is 3.83. The van der Waals surface area contributed by atoms with Crippen LogP contribution in [0.15, 0.2) is 60.9 Å². The zero-order chi connectivity index (χ0) is 17.8. The van der Waals surface area contributed by atoms with Crippen LogP contribution in [-0.4, -0.2) is 22.7 Å². The van der Waals surface area contributed by atoms with Gasteiger partial charge in [0, 0.05) is 18.0 Å². The molecular formula is C19H16N4O3. The molecule has 0 fully saturated rings. The van der Waals surface area contributed by atoms with Crippen LogP contribution < -0.4 is 20.1 Å². The van der Waals surface area contributed by atoms with Gasteiger partial charge in [-0.3, -0.25) is 9.78 Å². The minimum Gasteiger partial charge on any atom is -0.454 e. The van der Waals surface area contributed by atoms with E-state index in [-0.39, 0.29) is 12.7 Å². The maximum atomic E-state index is 12.3. The van der Waals surface area contributed by atoms with Crippen molar-refractivity contribution in [1.29, 1.82) is 0 Å². The maximum absolute atomic E-state index is 12.3. The highest BCUT2D eigenvalue weighted by atomic mass is 16.7. The molecule has 0 saturated carbocycles. The third kappa shape index (κ3) is 3.56. The van der Waals surface area contributed by atoms with E-state index in [1.807, 2.05) is 24.3 Å². The molecule has 0 saturated heterocycles. The topological polar surface area (TPSA) is 85.4 Å². The van der Waals surface area contributed by atoms with E-state index >= 15 is 0 Å². The van der Waals surface area contributed by atoms with Gasteiger partial charge in [-0.25, -0.2) is 4.98 Å². The standard InChI is InChI=1S/C19H16N4O3/c24-19(23-13-5-7-17-18(9-13)26-12-25-17)16-6-4-15(11-22-16)21-10-14-3-1-2-8-20-14/h1-9,11,21H,10,12H2,(H,23,24). The van der Waals surface area contributed by atoms with E-state index in [1.165, 1.54) is 0 Å². The van der Waals surface area contributed by atoms with Gasteiger partial charge >= 0.3 is 0 Å². The number of pyridine rings is 2. The number of carbonyl (C=O) groups is 1. The third-order valence-electron chi connectivity index (χ3n) is 3.83. The summed E-state index contributed by atoms with van der Waals surface area (Å²) < 4.78 is 10.6. The van der Waals surface area contributed by atoms with Crippen LogP contribution >= 0.6 is 0 Å². The number of nitrogens with zero attached hydrogens (tertiary/aromatic N) is 2. The van der Waals surface area contributed by atoms with Crippen LogP contribution in [0, 0.1) is 0 Å². The lowest BCUT2D eigenvalue weighted by molar-refractivity contribution is 0.102. The summed E-state index contributed by atoms with van der Waals surface area (Å²) in [5.41, 5.74) is 2.69. The number of anilines is 2. The van der Waals surface area contributed by atoms with E-state index in [4.69, 9.17) is 9.47 Å². The number of nitrogens with one attached hydrogen (secondary N) is 2. The molecule has 0 bridgehead atoms. The Hall–Kier alpha value is -3.61. The highest BCUT2D eigenvalue weighted by Crippen LogP contribution is 2.34. The molecule has 0 spiro atoms. The molecule has 2 aromatic heterocycles. The van der Waals surface area contributed by atoms with Crippen LogP contribution in [0.1, 0.15) is 16.2 Å². The minimum atomic E-state index is -0.292. The molecule has 130 valence electrons. The maximum Gasteiger partial charge on any atom is 0.274 e. The van der Waals surface area contributed by atoms with Gasteiger partial charge in [0.05, 0.1) is 24.1 Å². The summed E-state index contributed by atoms with van der Waals surface area (Å²) in [6, 6.07) is 14.5. The van der Waals surface area contributed by atoms with Crippen molar-refractivity contribution in [2.45, 2.75) is 6.54 Å². The smallest absolute Gasteiger partial charge is 0.274 e. The largest absolute Gasteiger partial charge is 0.454 e. The highest BCUT2D eigenvalue weighted by Gasteiger charge is 2.15. The first-order chi connectivity index (χ1) is 12.8. The first-order valence-electron chi connectivity index (χ1n) is 8.09. The van der Waals surface area contributed by atoms with E-state index in [9.17, 15) is 4.79 Å². The van der Waals surface area contributed by atoms with E-state index in [1.54, 1.807) is 36.7 Å². The average Bonchev–Trinajstić information content (AvgIpc) is 3.15. The van der Waals surface area contributed by atoms with Crippen molar-refractivity contribution in [3.8, 4) is 11.5 Å². The normalized spacial score (nSPS) is 11.8. The average molecular weight is 348 g/mol. The second-order valence-electron chi connectivity index (χ2n) is 5.63. The van der Waals surface area contributed by atoms with Gasteiger partial charge < -0.3 is 20.1 Å². The number of amides is 1. The molecule has 4 rings (SSSR count). The van der Waals surface area contributed by atoms with Gasteiger partial charge in [-0.05, 0) is 36.4 Å². The molecule has 0 atom stereocenters. The Labute approximate surface area is 150 Å². The molecule has 1 aliphatic rings. The Kier molecular flexibility index (Phi) is 4.34. The molecule has 7 nitrogen and oxygen atoms in total. The van der Waals surface area contributed by atoms with Crippen molar-refractivity contribution in [2.75, 3.05) is 17.4 Å². The molecule has 2 N–H and O–H groups in total. The molecule has 1 amide bonds. The Morgan fingerprint density at radius 1 is 1.00 bits per heavy atom. The number of fused-ring (bicyclic) bond motifs is 1. The van der Waals surface area contributed by atoms with E-state index in [0.717, 1.165) is 11.4 Å². The molecule has 3 heterocycles. The number of aromatic nitrogens is 2. The van der Waals surface area contributed by atoms with Gasteiger partial charge in [-0.2, -0.15) is 0 Å². The van der Waals surface area contributed by atoms with Crippen LogP contribution in [0.25, 0.3) is 0 Å². The van der Waals surface area contributed by atoms with Crippen LogP contribution in [-0.2, 0) is 6.54 Å². The molecule has 0 radical (unpaired) electrons. The second-order valence-corrected chi connectivity index (χ2v) is 5.63. The van der Waals surface area contributed by atoms with Crippen LogP contribution in [0.3, 0.4) is 0 Å². The number of rotatable bonds is 5. The summed E-state index contributed by atoms with van der Waals surface area (Å²) in [4.78, 5) is 20.8. The molecule has 0 aliphatic carbocycles. The van der Waals surface area contributed by atoms with Crippen molar-refractivity contribution in [2.24, 2.45) is 0 Å². The molecule has 3 aromatic rings. The quantitative estimate of drug-likeness (QED) is 0.737. The van der Waals surface area contributed by atoms with Crippen molar-refractivity contribution < 1.29 is 14.3 Å².